The molecule has 2 N–H and O–H groups in total. The Bertz CT molecular complexity index is 740. The Kier molecular flexibility index (Phi) is 9.80. The Labute approximate surface area is 183 Å². The number of aliphatic imine (C=N–C) groups is 1. The summed E-state index contributed by atoms with van der Waals surface area (Å²) in [5.41, 5.74) is -1.23. The van der Waals surface area contributed by atoms with Gasteiger partial charge in [-0.25, -0.2) is 9.38 Å². The van der Waals surface area contributed by atoms with Gasteiger partial charge in [-0.3, -0.25) is 14.5 Å². The van der Waals surface area contributed by atoms with Crippen molar-refractivity contribution in [2.45, 2.75) is 38.9 Å². The fourth-order valence-electron chi connectivity index (χ4n) is 2.79. The second kappa shape index (κ2) is 11.3. The number of nitrogens with zero attached hydrogens (tertiary/aromatic N) is 2. The van der Waals surface area contributed by atoms with E-state index in [1.54, 1.807) is 6.92 Å². The van der Waals surface area contributed by atoms with Crippen molar-refractivity contribution in [3.63, 3.8) is 0 Å². The number of likely N-dealkylation sites (tertiary alicyclic amines) is 1. The monoisotopic (exact) mass is 530 g/mol. The molecule has 0 radical (unpaired) electrons. The van der Waals surface area contributed by atoms with Crippen molar-refractivity contribution in [3.05, 3.63) is 35.1 Å². The molecule has 0 bridgehead atoms. The predicted molar refractivity (Wildman–Crippen MR) is 110 cm³/mol. The Morgan fingerprint density at radius 1 is 1.17 bits per heavy atom. The molecule has 1 heterocycles. The summed E-state index contributed by atoms with van der Waals surface area (Å²) in [4.78, 5) is 28.8. The molecule has 1 aliphatic heterocycles. The highest BCUT2D eigenvalue weighted by Gasteiger charge is 2.33. The van der Waals surface area contributed by atoms with Crippen LogP contribution in [-0.2, 0) is 22.3 Å². The van der Waals surface area contributed by atoms with Crippen molar-refractivity contribution in [1.29, 1.82) is 0 Å². The first-order valence-electron chi connectivity index (χ1n) is 8.93. The fourth-order valence-corrected chi connectivity index (χ4v) is 2.79. The summed E-state index contributed by atoms with van der Waals surface area (Å²) in [6, 6.07) is 2.45. The highest BCUT2D eigenvalue weighted by Crippen LogP contribution is 2.32. The molecule has 2 rings (SSSR count). The lowest BCUT2D eigenvalue weighted by Crippen LogP contribution is -2.46. The molecule has 1 saturated heterocycles. The van der Waals surface area contributed by atoms with Crippen LogP contribution in [0, 0.1) is 5.82 Å². The van der Waals surface area contributed by atoms with E-state index in [1.807, 2.05) is 0 Å². The molecule has 2 amide bonds. The molecule has 11 heteroatoms. The van der Waals surface area contributed by atoms with Gasteiger partial charge < -0.3 is 10.6 Å². The number of benzene rings is 1. The normalized spacial score (nSPS) is 15.2. The third-order valence-corrected chi connectivity index (χ3v) is 4.14. The number of imide groups is 1. The van der Waals surface area contributed by atoms with Gasteiger partial charge in [-0.15, -0.1) is 24.0 Å². The van der Waals surface area contributed by atoms with Gasteiger partial charge in [-0.2, -0.15) is 13.2 Å². The second-order valence-electron chi connectivity index (χ2n) is 6.21. The standard InChI is InChI=1S/C18H22F4N4O2.HI/c1-2-23-17(24-8-9-26-15(27)4-3-5-16(26)28)25-11-12-6-7-13(19)10-14(12)18(20,21)22;/h6-7,10H,2-5,8-9,11H2,1H3,(H2,23,24,25);1H. The molecule has 6 nitrogen and oxygen atoms in total. The largest absolute Gasteiger partial charge is 0.416 e. The first-order valence-corrected chi connectivity index (χ1v) is 8.93. The van der Waals surface area contributed by atoms with E-state index in [0.717, 1.165) is 12.1 Å². The molecule has 29 heavy (non-hydrogen) atoms. The van der Waals surface area contributed by atoms with Crippen molar-refractivity contribution >= 4 is 41.8 Å². The van der Waals surface area contributed by atoms with Gasteiger partial charge in [0.15, 0.2) is 5.96 Å². The highest BCUT2D eigenvalue weighted by molar-refractivity contribution is 14.0. The number of rotatable bonds is 6. The van der Waals surface area contributed by atoms with Crippen LogP contribution in [0.1, 0.15) is 37.3 Å². The number of piperidine rings is 1. The predicted octanol–water partition coefficient (Wildman–Crippen LogP) is 3.06. The van der Waals surface area contributed by atoms with Crippen LogP contribution in [0.5, 0.6) is 0 Å². The lowest BCUT2D eigenvalue weighted by atomic mass is 10.1. The van der Waals surface area contributed by atoms with Crippen LogP contribution in [0.3, 0.4) is 0 Å². The van der Waals surface area contributed by atoms with E-state index in [0.29, 0.717) is 31.9 Å². The van der Waals surface area contributed by atoms with E-state index < -0.39 is 17.6 Å². The number of halogens is 5. The summed E-state index contributed by atoms with van der Waals surface area (Å²) < 4.78 is 52.4. The van der Waals surface area contributed by atoms with Gasteiger partial charge in [0, 0.05) is 32.5 Å². The number of nitrogens with one attached hydrogen (secondary N) is 2. The molecule has 0 saturated carbocycles. The van der Waals surface area contributed by atoms with E-state index in [1.165, 1.54) is 4.90 Å². The summed E-state index contributed by atoms with van der Waals surface area (Å²) in [6.07, 6.45) is -3.49. The van der Waals surface area contributed by atoms with E-state index in [4.69, 9.17) is 0 Å². The summed E-state index contributed by atoms with van der Waals surface area (Å²) in [5.74, 6) is -1.21. The third kappa shape index (κ3) is 7.44. The molecule has 0 unspecified atom stereocenters. The average molecular weight is 530 g/mol. The summed E-state index contributed by atoms with van der Waals surface area (Å²) in [5, 5.41) is 5.76. The zero-order chi connectivity index (χ0) is 20.7. The maximum absolute atomic E-state index is 13.2. The van der Waals surface area contributed by atoms with Gasteiger partial charge in [0.05, 0.1) is 12.1 Å². The van der Waals surface area contributed by atoms with E-state index in [9.17, 15) is 27.2 Å². The Hall–Kier alpha value is -1.92. The highest BCUT2D eigenvalue weighted by atomic mass is 127. The zero-order valence-corrected chi connectivity index (χ0v) is 18.1. The number of guanidine groups is 1. The molecular weight excluding hydrogens is 507 g/mol. The van der Waals surface area contributed by atoms with Gasteiger partial charge >= 0.3 is 6.18 Å². The van der Waals surface area contributed by atoms with Gasteiger partial charge in [-0.1, -0.05) is 6.07 Å². The summed E-state index contributed by atoms with van der Waals surface area (Å²) in [7, 11) is 0. The van der Waals surface area contributed by atoms with Crippen LogP contribution in [0.15, 0.2) is 23.2 Å². The maximum Gasteiger partial charge on any atom is 0.416 e. The summed E-state index contributed by atoms with van der Waals surface area (Å²) >= 11 is 0. The summed E-state index contributed by atoms with van der Waals surface area (Å²) in [6.45, 7) is 2.29. The van der Waals surface area contributed by atoms with Crippen LogP contribution >= 0.6 is 24.0 Å². The van der Waals surface area contributed by atoms with E-state index in [-0.39, 0.29) is 66.9 Å². The number of alkyl halides is 3. The van der Waals surface area contributed by atoms with Crippen molar-refractivity contribution in [2.24, 2.45) is 4.99 Å². The lowest BCUT2D eigenvalue weighted by Gasteiger charge is -2.25. The van der Waals surface area contributed by atoms with Crippen molar-refractivity contribution < 1.29 is 27.2 Å². The van der Waals surface area contributed by atoms with Gasteiger partial charge in [0.1, 0.15) is 5.82 Å². The first-order chi connectivity index (χ1) is 13.2. The molecule has 0 atom stereocenters. The number of carbonyl (C=O) groups is 2. The molecule has 1 aliphatic rings. The molecule has 1 fully saturated rings. The Morgan fingerprint density at radius 3 is 2.41 bits per heavy atom. The SMILES string of the molecule is CCNC(=NCc1ccc(F)cc1C(F)(F)F)NCCN1C(=O)CCCC1=O.I. The fraction of sp³-hybridized carbons (Fsp3) is 0.500. The smallest absolute Gasteiger partial charge is 0.357 e. The van der Waals surface area contributed by atoms with Crippen LogP contribution in [0.25, 0.3) is 0 Å². The number of carbonyl (C=O) groups excluding carboxylic acids is 2. The molecule has 1 aromatic rings. The maximum atomic E-state index is 13.2. The minimum Gasteiger partial charge on any atom is -0.357 e. The lowest BCUT2D eigenvalue weighted by molar-refractivity contribution is -0.147. The number of hydrogen-bond acceptors (Lipinski definition) is 3. The minimum atomic E-state index is -4.69. The van der Waals surface area contributed by atoms with E-state index >= 15 is 0 Å². The zero-order valence-electron chi connectivity index (χ0n) is 15.8. The minimum absolute atomic E-state index is 0. The second-order valence-corrected chi connectivity index (χ2v) is 6.21. The van der Waals surface area contributed by atoms with E-state index in [2.05, 4.69) is 15.6 Å². The van der Waals surface area contributed by atoms with Crippen LogP contribution in [0.4, 0.5) is 17.6 Å². The van der Waals surface area contributed by atoms with Gasteiger partial charge in [0.2, 0.25) is 11.8 Å². The molecule has 1 aromatic carbocycles. The Balaban J connectivity index is 0.00000420. The quantitative estimate of drug-likeness (QED) is 0.195. The van der Waals surface area contributed by atoms with Crippen LogP contribution < -0.4 is 10.6 Å². The third-order valence-electron chi connectivity index (χ3n) is 4.14. The number of hydrogen-bond donors (Lipinski definition) is 2. The molecular formula is C18H23F4IN4O2. The molecule has 0 spiro atoms. The topological polar surface area (TPSA) is 73.8 Å². The Morgan fingerprint density at radius 2 is 1.83 bits per heavy atom. The molecule has 0 aliphatic carbocycles. The molecule has 0 aromatic heterocycles. The van der Waals surface area contributed by atoms with Gasteiger partial charge in [-0.05, 0) is 31.0 Å². The van der Waals surface area contributed by atoms with Gasteiger partial charge in [0.25, 0.3) is 0 Å². The van der Waals surface area contributed by atoms with Crippen LogP contribution in [0.2, 0.25) is 0 Å². The van der Waals surface area contributed by atoms with Crippen molar-refractivity contribution in [1.82, 2.24) is 15.5 Å². The van der Waals surface area contributed by atoms with Crippen LogP contribution in [-0.4, -0.2) is 42.3 Å². The molecule has 162 valence electrons. The first kappa shape index (κ1) is 25.1. The average Bonchev–Trinajstić information content (AvgIpc) is 2.62. The van der Waals surface area contributed by atoms with Crippen molar-refractivity contribution in [2.75, 3.05) is 19.6 Å². The van der Waals surface area contributed by atoms with Crippen molar-refractivity contribution in [3.8, 4) is 0 Å². The number of amides is 2.